The Labute approximate surface area is 101 Å². The summed E-state index contributed by atoms with van der Waals surface area (Å²) < 4.78 is 26.3. The fourth-order valence-electron chi connectivity index (χ4n) is 2.34. The van der Waals surface area contributed by atoms with E-state index in [0.29, 0.717) is 11.6 Å². The van der Waals surface area contributed by atoms with E-state index in [4.69, 9.17) is 0 Å². The summed E-state index contributed by atoms with van der Waals surface area (Å²) in [5.41, 5.74) is 0.705. The molecular formula is C13H18F2N2. The summed E-state index contributed by atoms with van der Waals surface area (Å²) in [5.74, 6) is -1.01. The van der Waals surface area contributed by atoms with Gasteiger partial charge in [-0.15, -0.1) is 0 Å². The van der Waals surface area contributed by atoms with Crippen LogP contribution in [0.25, 0.3) is 0 Å². The van der Waals surface area contributed by atoms with Gasteiger partial charge in [0.25, 0.3) is 0 Å². The Hall–Kier alpha value is -1.00. The summed E-state index contributed by atoms with van der Waals surface area (Å²) >= 11 is 0. The Bertz CT molecular complexity index is 375. The highest BCUT2D eigenvalue weighted by molar-refractivity contribution is 5.21. The van der Waals surface area contributed by atoms with Crippen molar-refractivity contribution >= 4 is 0 Å². The molecule has 0 amide bonds. The predicted octanol–water partition coefficient (Wildman–Crippen LogP) is 2.32. The number of hydrogen-bond donors (Lipinski definition) is 1. The lowest BCUT2D eigenvalue weighted by atomic mass is 10.0. The minimum atomic E-state index is -0.505. The van der Waals surface area contributed by atoms with Crippen LogP contribution in [0.4, 0.5) is 8.78 Å². The van der Waals surface area contributed by atoms with Crippen LogP contribution in [0.1, 0.15) is 25.5 Å². The third kappa shape index (κ3) is 3.01. The van der Waals surface area contributed by atoms with E-state index in [1.807, 2.05) is 6.92 Å². The molecule has 1 aromatic carbocycles. The Kier molecular flexibility index (Phi) is 3.74. The van der Waals surface area contributed by atoms with Crippen LogP contribution in [0.15, 0.2) is 18.2 Å². The summed E-state index contributed by atoms with van der Waals surface area (Å²) in [5, 5.41) is 3.35. The third-order valence-corrected chi connectivity index (χ3v) is 3.32. The molecule has 1 fully saturated rings. The second-order valence-corrected chi connectivity index (χ2v) is 4.73. The minimum Gasteiger partial charge on any atom is -0.312 e. The van der Waals surface area contributed by atoms with Crippen molar-refractivity contribution in [3.63, 3.8) is 0 Å². The maximum atomic E-state index is 13.2. The molecule has 4 heteroatoms. The van der Waals surface area contributed by atoms with E-state index in [-0.39, 0.29) is 6.04 Å². The quantitative estimate of drug-likeness (QED) is 0.853. The molecule has 2 atom stereocenters. The van der Waals surface area contributed by atoms with Gasteiger partial charge in [0.15, 0.2) is 0 Å². The zero-order valence-electron chi connectivity index (χ0n) is 10.2. The molecule has 1 aliphatic rings. The van der Waals surface area contributed by atoms with Gasteiger partial charge in [0.05, 0.1) is 0 Å². The molecule has 1 N–H and O–H groups in total. The number of nitrogens with one attached hydrogen (secondary N) is 1. The lowest BCUT2D eigenvalue weighted by molar-refractivity contribution is 0.158. The van der Waals surface area contributed by atoms with Crippen molar-refractivity contribution in [3.8, 4) is 0 Å². The van der Waals surface area contributed by atoms with Gasteiger partial charge in [-0.3, -0.25) is 4.90 Å². The van der Waals surface area contributed by atoms with Gasteiger partial charge in [-0.1, -0.05) is 0 Å². The highest BCUT2D eigenvalue weighted by Crippen LogP contribution is 2.23. The van der Waals surface area contributed by atoms with Crippen molar-refractivity contribution in [2.75, 3.05) is 19.6 Å². The van der Waals surface area contributed by atoms with Crippen LogP contribution in [0.3, 0.4) is 0 Å². The summed E-state index contributed by atoms with van der Waals surface area (Å²) in [6, 6.07) is 4.21. The molecule has 0 aliphatic carbocycles. The van der Waals surface area contributed by atoms with Gasteiger partial charge < -0.3 is 5.32 Å². The third-order valence-electron chi connectivity index (χ3n) is 3.32. The molecule has 2 nitrogen and oxygen atoms in total. The topological polar surface area (TPSA) is 15.3 Å². The van der Waals surface area contributed by atoms with Crippen molar-refractivity contribution in [2.45, 2.75) is 25.9 Å². The van der Waals surface area contributed by atoms with Crippen LogP contribution in [0.5, 0.6) is 0 Å². The van der Waals surface area contributed by atoms with Crippen LogP contribution < -0.4 is 5.32 Å². The summed E-state index contributed by atoms with van der Waals surface area (Å²) in [4.78, 5) is 2.25. The molecule has 1 aromatic rings. The molecule has 0 aromatic heterocycles. The van der Waals surface area contributed by atoms with Crippen LogP contribution in [0.2, 0.25) is 0 Å². The highest BCUT2D eigenvalue weighted by Gasteiger charge is 2.22. The van der Waals surface area contributed by atoms with Crippen LogP contribution in [0, 0.1) is 11.6 Å². The van der Waals surface area contributed by atoms with E-state index in [2.05, 4.69) is 17.1 Å². The first-order chi connectivity index (χ1) is 8.06. The summed E-state index contributed by atoms with van der Waals surface area (Å²) in [6.45, 7) is 6.84. The zero-order chi connectivity index (χ0) is 12.4. The van der Waals surface area contributed by atoms with E-state index >= 15 is 0 Å². The first-order valence-corrected chi connectivity index (χ1v) is 5.99. The van der Waals surface area contributed by atoms with Gasteiger partial charge in [-0.25, -0.2) is 8.78 Å². The van der Waals surface area contributed by atoms with Crippen molar-refractivity contribution in [1.29, 1.82) is 0 Å². The largest absolute Gasteiger partial charge is 0.312 e. The predicted molar refractivity (Wildman–Crippen MR) is 63.8 cm³/mol. The molecule has 2 unspecified atom stereocenters. The number of hydrogen-bond acceptors (Lipinski definition) is 2. The first-order valence-electron chi connectivity index (χ1n) is 5.99. The normalized spacial score (nSPS) is 23.6. The number of nitrogens with zero attached hydrogens (tertiary/aromatic N) is 1. The monoisotopic (exact) mass is 240 g/mol. The van der Waals surface area contributed by atoms with Gasteiger partial charge in [-0.05, 0) is 31.5 Å². The van der Waals surface area contributed by atoms with Gasteiger partial charge >= 0.3 is 0 Å². The van der Waals surface area contributed by atoms with E-state index in [1.54, 1.807) is 0 Å². The van der Waals surface area contributed by atoms with Gasteiger partial charge in [0, 0.05) is 37.8 Å². The van der Waals surface area contributed by atoms with Crippen molar-refractivity contribution in [1.82, 2.24) is 10.2 Å². The number of rotatable bonds is 2. The standard InChI is InChI=1S/C13H18F2N2/c1-9-8-17(4-3-16-9)10(2)11-5-12(14)7-13(15)6-11/h5-7,9-10,16H,3-4,8H2,1-2H3. The van der Waals surface area contributed by atoms with Gasteiger partial charge in [0.1, 0.15) is 11.6 Å². The molecule has 1 aliphatic heterocycles. The Morgan fingerprint density at radius 2 is 1.94 bits per heavy atom. The molecule has 2 rings (SSSR count). The number of benzene rings is 1. The molecule has 0 spiro atoms. The summed E-state index contributed by atoms with van der Waals surface area (Å²) in [7, 11) is 0. The lowest BCUT2D eigenvalue weighted by Gasteiger charge is -2.36. The molecule has 94 valence electrons. The second kappa shape index (κ2) is 5.10. The van der Waals surface area contributed by atoms with Crippen molar-refractivity contribution in [2.24, 2.45) is 0 Å². The Morgan fingerprint density at radius 3 is 2.53 bits per heavy atom. The number of halogens is 2. The molecular weight excluding hydrogens is 222 g/mol. The average molecular weight is 240 g/mol. The molecule has 1 saturated heterocycles. The fraction of sp³-hybridized carbons (Fsp3) is 0.538. The Morgan fingerprint density at radius 1 is 1.29 bits per heavy atom. The zero-order valence-corrected chi connectivity index (χ0v) is 10.2. The first kappa shape index (κ1) is 12.5. The molecule has 17 heavy (non-hydrogen) atoms. The Balaban J connectivity index is 2.15. The van der Waals surface area contributed by atoms with Crippen LogP contribution in [-0.2, 0) is 0 Å². The fourth-order valence-corrected chi connectivity index (χ4v) is 2.34. The molecule has 0 radical (unpaired) electrons. The van der Waals surface area contributed by atoms with Crippen molar-refractivity contribution in [3.05, 3.63) is 35.4 Å². The van der Waals surface area contributed by atoms with Gasteiger partial charge in [0.2, 0.25) is 0 Å². The number of piperazine rings is 1. The second-order valence-electron chi connectivity index (χ2n) is 4.73. The maximum Gasteiger partial charge on any atom is 0.126 e. The van der Waals surface area contributed by atoms with Crippen LogP contribution >= 0.6 is 0 Å². The average Bonchev–Trinajstić information content (AvgIpc) is 2.26. The van der Waals surface area contributed by atoms with Crippen molar-refractivity contribution < 1.29 is 8.78 Å². The SMILES string of the molecule is CC1CN(C(C)c2cc(F)cc(F)c2)CCN1. The van der Waals surface area contributed by atoms with E-state index in [0.717, 1.165) is 25.7 Å². The molecule has 0 bridgehead atoms. The summed E-state index contributed by atoms with van der Waals surface area (Å²) in [6.07, 6.45) is 0. The highest BCUT2D eigenvalue weighted by atomic mass is 19.1. The van der Waals surface area contributed by atoms with E-state index in [9.17, 15) is 8.78 Å². The smallest absolute Gasteiger partial charge is 0.126 e. The minimum absolute atomic E-state index is 0.0461. The van der Waals surface area contributed by atoms with E-state index in [1.165, 1.54) is 12.1 Å². The van der Waals surface area contributed by atoms with Gasteiger partial charge in [-0.2, -0.15) is 0 Å². The lowest BCUT2D eigenvalue weighted by Crippen LogP contribution is -2.49. The van der Waals surface area contributed by atoms with Crippen LogP contribution in [-0.4, -0.2) is 30.6 Å². The molecule has 1 heterocycles. The molecule has 0 saturated carbocycles. The maximum absolute atomic E-state index is 13.2. The van der Waals surface area contributed by atoms with E-state index < -0.39 is 11.6 Å².